The Morgan fingerprint density at radius 2 is 1.81 bits per heavy atom. The predicted molar refractivity (Wildman–Crippen MR) is 101 cm³/mol. The second-order valence-electron chi connectivity index (χ2n) is 6.02. The van der Waals surface area contributed by atoms with E-state index in [1.807, 2.05) is 29.2 Å². The largest absolute Gasteiger partial charge is 0.508 e. The zero-order valence-corrected chi connectivity index (χ0v) is 14.3. The van der Waals surface area contributed by atoms with Gasteiger partial charge < -0.3 is 20.2 Å². The van der Waals surface area contributed by atoms with Crippen molar-refractivity contribution < 1.29 is 9.90 Å². The number of benzene rings is 2. The molecule has 0 bridgehead atoms. The van der Waals surface area contributed by atoms with Crippen LogP contribution in [0.1, 0.15) is 0 Å². The van der Waals surface area contributed by atoms with Gasteiger partial charge in [-0.15, -0.1) is 0 Å². The molecule has 1 heterocycles. The van der Waals surface area contributed by atoms with Crippen LogP contribution in [0.25, 0.3) is 0 Å². The van der Waals surface area contributed by atoms with Crippen LogP contribution in [0.3, 0.4) is 0 Å². The number of carbonyl (C=O) groups excluding carboxylic acids is 1. The molecule has 0 unspecified atom stereocenters. The first-order valence-electron chi connectivity index (χ1n) is 8.42. The number of nitriles is 1. The number of phenolic OH excluding ortho intramolecular Hbond substituents is 1. The third kappa shape index (κ3) is 4.33. The van der Waals surface area contributed by atoms with Gasteiger partial charge in [-0.3, -0.25) is 4.79 Å². The summed E-state index contributed by atoms with van der Waals surface area (Å²) in [6.07, 6.45) is 1.61. The summed E-state index contributed by atoms with van der Waals surface area (Å²) in [6.45, 7) is 3.12. The van der Waals surface area contributed by atoms with Crippen LogP contribution in [0.5, 0.6) is 5.75 Å². The van der Waals surface area contributed by atoms with Gasteiger partial charge in [0.25, 0.3) is 5.91 Å². The Bertz CT molecular complexity index is 834. The average molecular weight is 348 g/mol. The molecule has 2 aromatic carbocycles. The minimum atomic E-state index is -0.483. The van der Waals surface area contributed by atoms with E-state index < -0.39 is 5.91 Å². The maximum atomic E-state index is 12.3. The summed E-state index contributed by atoms with van der Waals surface area (Å²) < 4.78 is 0. The van der Waals surface area contributed by atoms with Crippen LogP contribution in [-0.2, 0) is 4.79 Å². The van der Waals surface area contributed by atoms with E-state index in [9.17, 15) is 15.2 Å². The number of piperazine rings is 1. The summed E-state index contributed by atoms with van der Waals surface area (Å²) in [7, 11) is 0. The third-order valence-electron chi connectivity index (χ3n) is 4.22. The molecule has 6 heteroatoms. The Kier molecular flexibility index (Phi) is 5.40. The Labute approximate surface area is 152 Å². The molecule has 0 aliphatic carbocycles. The maximum Gasteiger partial charge on any atom is 0.267 e. The second kappa shape index (κ2) is 8.08. The number of carbonyl (C=O) groups is 1. The van der Waals surface area contributed by atoms with Crippen LogP contribution >= 0.6 is 0 Å². The topological polar surface area (TPSA) is 79.6 Å². The molecule has 2 N–H and O–H groups in total. The van der Waals surface area contributed by atoms with Crippen molar-refractivity contribution in [2.75, 3.05) is 36.4 Å². The number of nitrogens with one attached hydrogen (secondary N) is 1. The Balaban J connectivity index is 1.61. The fourth-order valence-corrected chi connectivity index (χ4v) is 2.85. The van der Waals surface area contributed by atoms with E-state index in [1.54, 1.807) is 18.3 Å². The van der Waals surface area contributed by atoms with Gasteiger partial charge in [0.1, 0.15) is 17.4 Å². The Morgan fingerprint density at radius 1 is 1.08 bits per heavy atom. The summed E-state index contributed by atoms with van der Waals surface area (Å²) in [6, 6.07) is 18.4. The van der Waals surface area contributed by atoms with Gasteiger partial charge in [-0.05, 0) is 24.3 Å². The lowest BCUT2D eigenvalue weighted by molar-refractivity contribution is -0.112. The third-order valence-corrected chi connectivity index (χ3v) is 4.22. The number of rotatable bonds is 4. The fraction of sp³-hybridized carbons (Fsp3) is 0.200. The molecule has 26 heavy (non-hydrogen) atoms. The molecule has 0 saturated carbocycles. The molecule has 6 nitrogen and oxygen atoms in total. The van der Waals surface area contributed by atoms with Crippen LogP contribution in [0.2, 0.25) is 0 Å². The van der Waals surface area contributed by atoms with E-state index in [0.717, 1.165) is 26.2 Å². The van der Waals surface area contributed by atoms with Gasteiger partial charge in [0.05, 0.1) is 0 Å². The van der Waals surface area contributed by atoms with Crippen LogP contribution in [-0.4, -0.2) is 42.1 Å². The van der Waals surface area contributed by atoms with Gasteiger partial charge in [-0.2, -0.15) is 5.26 Å². The molecule has 1 amide bonds. The lowest BCUT2D eigenvalue weighted by Crippen LogP contribution is -2.44. The highest BCUT2D eigenvalue weighted by molar-refractivity contribution is 6.06. The number of phenols is 1. The van der Waals surface area contributed by atoms with Crippen molar-refractivity contribution in [3.05, 3.63) is 66.4 Å². The van der Waals surface area contributed by atoms with Crippen LogP contribution < -0.4 is 10.2 Å². The van der Waals surface area contributed by atoms with Gasteiger partial charge >= 0.3 is 0 Å². The van der Waals surface area contributed by atoms with Crippen molar-refractivity contribution in [3.63, 3.8) is 0 Å². The van der Waals surface area contributed by atoms with E-state index in [4.69, 9.17) is 0 Å². The molecule has 2 aromatic rings. The van der Waals surface area contributed by atoms with Crippen molar-refractivity contribution >= 4 is 17.3 Å². The molecule has 1 aliphatic heterocycles. The first-order valence-corrected chi connectivity index (χ1v) is 8.42. The summed E-state index contributed by atoms with van der Waals surface area (Å²) in [4.78, 5) is 16.6. The van der Waals surface area contributed by atoms with E-state index in [2.05, 4.69) is 22.3 Å². The highest BCUT2D eigenvalue weighted by Gasteiger charge is 2.17. The molecule has 0 spiro atoms. The van der Waals surface area contributed by atoms with E-state index in [0.29, 0.717) is 5.69 Å². The van der Waals surface area contributed by atoms with E-state index in [-0.39, 0.29) is 11.3 Å². The quantitative estimate of drug-likeness (QED) is 0.656. The molecule has 3 rings (SSSR count). The average Bonchev–Trinajstić information content (AvgIpc) is 2.67. The van der Waals surface area contributed by atoms with Crippen molar-refractivity contribution in [3.8, 4) is 11.8 Å². The minimum absolute atomic E-state index is 0.0431. The number of aromatic hydroxyl groups is 1. The molecule has 132 valence electrons. The van der Waals surface area contributed by atoms with Gasteiger partial charge in [-0.25, -0.2) is 0 Å². The molecule has 1 aliphatic rings. The van der Waals surface area contributed by atoms with Gasteiger partial charge in [0.15, 0.2) is 0 Å². The molecule has 1 fully saturated rings. The minimum Gasteiger partial charge on any atom is -0.508 e. The number of amides is 1. The van der Waals surface area contributed by atoms with Crippen molar-refractivity contribution in [1.82, 2.24) is 4.90 Å². The van der Waals surface area contributed by atoms with E-state index in [1.165, 1.54) is 17.8 Å². The molecular weight excluding hydrogens is 328 g/mol. The van der Waals surface area contributed by atoms with Crippen molar-refractivity contribution in [2.24, 2.45) is 0 Å². The van der Waals surface area contributed by atoms with E-state index >= 15 is 0 Å². The van der Waals surface area contributed by atoms with Crippen molar-refractivity contribution in [2.45, 2.75) is 0 Å². The normalized spacial score (nSPS) is 14.7. The summed E-state index contributed by atoms with van der Waals surface area (Å²) in [5.41, 5.74) is 1.67. The fourth-order valence-electron chi connectivity index (χ4n) is 2.85. The highest BCUT2D eigenvalue weighted by Crippen LogP contribution is 2.18. The molecule has 0 atom stereocenters. The smallest absolute Gasteiger partial charge is 0.267 e. The van der Waals surface area contributed by atoms with Crippen LogP contribution in [0, 0.1) is 11.3 Å². The number of hydrogen-bond donors (Lipinski definition) is 2. The molecule has 0 radical (unpaired) electrons. The standard InChI is InChI=1S/C20H20N4O2/c21-14-16(20(26)22-17-5-4-8-19(25)13-17)15-23-9-11-24(12-10-23)18-6-2-1-3-7-18/h1-8,13,15,25H,9-12H2,(H,22,26)/b16-15-. The second-order valence-corrected chi connectivity index (χ2v) is 6.02. The van der Waals surface area contributed by atoms with Crippen LogP contribution in [0.15, 0.2) is 66.4 Å². The molecule has 1 saturated heterocycles. The molecule has 0 aromatic heterocycles. The summed E-state index contributed by atoms with van der Waals surface area (Å²) in [5.74, 6) is -0.425. The van der Waals surface area contributed by atoms with Crippen LogP contribution in [0.4, 0.5) is 11.4 Å². The first-order chi connectivity index (χ1) is 12.7. The number of nitrogens with zero attached hydrogens (tertiary/aromatic N) is 3. The Hall–Kier alpha value is -3.46. The zero-order chi connectivity index (χ0) is 18.4. The molecular formula is C20H20N4O2. The van der Waals surface area contributed by atoms with Gasteiger partial charge in [0.2, 0.25) is 0 Å². The van der Waals surface area contributed by atoms with Gasteiger partial charge in [0, 0.05) is 49.8 Å². The zero-order valence-electron chi connectivity index (χ0n) is 14.3. The van der Waals surface area contributed by atoms with Crippen molar-refractivity contribution in [1.29, 1.82) is 5.26 Å². The first kappa shape index (κ1) is 17.4. The number of anilines is 2. The summed E-state index contributed by atoms with van der Waals surface area (Å²) in [5, 5.41) is 21.4. The Morgan fingerprint density at radius 3 is 2.46 bits per heavy atom. The maximum absolute atomic E-state index is 12.3. The van der Waals surface area contributed by atoms with Gasteiger partial charge in [-0.1, -0.05) is 24.3 Å². The summed E-state index contributed by atoms with van der Waals surface area (Å²) >= 11 is 0. The lowest BCUT2D eigenvalue weighted by Gasteiger charge is -2.35. The SMILES string of the molecule is N#C/C(=C/N1CCN(c2ccccc2)CC1)C(=O)Nc1cccc(O)c1. The monoisotopic (exact) mass is 348 g/mol. The number of hydrogen-bond acceptors (Lipinski definition) is 5. The highest BCUT2D eigenvalue weighted by atomic mass is 16.3. The predicted octanol–water partition coefficient (Wildman–Crippen LogP) is 2.56. The number of para-hydroxylation sites is 1. The lowest BCUT2D eigenvalue weighted by atomic mass is 10.2.